The molecule has 2 unspecified atom stereocenters. The monoisotopic (exact) mass is 362 g/mol. The molecule has 0 aromatic heterocycles. The van der Waals surface area contributed by atoms with Gasteiger partial charge in [0, 0.05) is 0 Å². The molecule has 0 aliphatic rings. The lowest BCUT2D eigenvalue weighted by atomic mass is 9.86. The van der Waals surface area contributed by atoms with Gasteiger partial charge in [0.25, 0.3) is 0 Å². The van der Waals surface area contributed by atoms with Gasteiger partial charge >= 0.3 is 0 Å². The highest BCUT2D eigenvalue weighted by Crippen LogP contribution is 2.31. The van der Waals surface area contributed by atoms with E-state index >= 15 is 0 Å². The van der Waals surface area contributed by atoms with E-state index in [0.29, 0.717) is 0 Å². The van der Waals surface area contributed by atoms with Crippen molar-refractivity contribution in [3.05, 3.63) is 96.1 Å². The topological polar surface area (TPSA) is 9.23 Å². The zero-order valence-electron chi connectivity index (χ0n) is 17.8. The second-order valence-corrected chi connectivity index (χ2v) is 9.19. The molecule has 0 heterocycles. The van der Waals surface area contributed by atoms with Crippen molar-refractivity contribution < 1.29 is 4.74 Å². The normalized spacial score (nSPS) is 14.4. The second kappa shape index (κ2) is 8.27. The van der Waals surface area contributed by atoms with Crippen molar-refractivity contribution in [2.75, 3.05) is 0 Å². The molecule has 1 nitrogen and oxygen atoms in total. The van der Waals surface area contributed by atoms with Crippen LogP contribution in [-0.2, 0) is 15.6 Å². The molecule has 0 spiro atoms. The third-order valence-electron chi connectivity index (χ3n) is 4.93. The van der Waals surface area contributed by atoms with Gasteiger partial charge in [0.1, 0.15) is 12.2 Å². The molecule has 2 rings (SSSR count). The van der Waals surface area contributed by atoms with E-state index in [1.807, 2.05) is 12.2 Å². The first-order valence-corrected chi connectivity index (χ1v) is 9.67. The molecule has 0 amide bonds. The molecule has 0 fully saturated rings. The van der Waals surface area contributed by atoms with Gasteiger partial charge in [-0.1, -0.05) is 102 Å². The minimum atomic E-state index is -0.177. The van der Waals surface area contributed by atoms with Crippen molar-refractivity contribution in [2.45, 2.75) is 64.6 Å². The molecule has 0 radical (unpaired) electrons. The lowest BCUT2D eigenvalue weighted by Crippen LogP contribution is -2.12. The quantitative estimate of drug-likeness (QED) is 0.485. The van der Waals surface area contributed by atoms with Crippen LogP contribution in [-0.4, -0.2) is 0 Å². The Morgan fingerprint density at radius 3 is 1.15 bits per heavy atom. The maximum Gasteiger partial charge on any atom is 0.102 e. The van der Waals surface area contributed by atoms with E-state index in [-0.39, 0.29) is 23.0 Å². The summed E-state index contributed by atoms with van der Waals surface area (Å²) in [6, 6.07) is 17.2. The van der Waals surface area contributed by atoms with Gasteiger partial charge < -0.3 is 4.74 Å². The fraction of sp³-hybridized carbons (Fsp3) is 0.385. The van der Waals surface area contributed by atoms with E-state index in [9.17, 15) is 0 Å². The third kappa shape index (κ3) is 5.43. The van der Waals surface area contributed by atoms with E-state index < -0.39 is 0 Å². The zero-order chi connectivity index (χ0) is 20.2. The number of hydrogen-bond donors (Lipinski definition) is 0. The Kier molecular flexibility index (Phi) is 6.49. The van der Waals surface area contributed by atoms with Crippen LogP contribution < -0.4 is 0 Å². The van der Waals surface area contributed by atoms with Crippen molar-refractivity contribution in [3.8, 4) is 0 Å². The van der Waals surface area contributed by atoms with Crippen molar-refractivity contribution in [2.24, 2.45) is 0 Å². The Morgan fingerprint density at radius 2 is 0.926 bits per heavy atom. The average Bonchev–Trinajstić information content (AvgIpc) is 2.62. The maximum atomic E-state index is 6.34. The van der Waals surface area contributed by atoms with Gasteiger partial charge in [-0.15, -0.1) is 13.2 Å². The molecule has 0 aliphatic heterocycles. The summed E-state index contributed by atoms with van der Waals surface area (Å²) in [6.45, 7) is 21.3. The van der Waals surface area contributed by atoms with Gasteiger partial charge in [-0.2, -0.15) is 0 Å². The molecular weight excluding hydrogens is 328 g/mol. The van der Waals surface area contributed by atoms with Crippen LogP contribution in [0.15, 0.2) is 73.8 Å². The maximum absolute atomic E-state index is 6.34. The highest BCUT2D eigenvalue weighted by Gasteiger charge is 2.19. The minimum Gasteiger partial charge on any atom is -0.357 e. The lowest BCUT2D eigenvalue weighted by molar-refractivity contribution is 0.0402. The molecule has 144 valence electrons. The van der Waals surface area contributed by atoms with E-state index in [1.165, 1.54) is 11.1 Å². The predicted octanol–water partition coefficient (Wildman–Crippen LogP) is 7.45. The summed E-state index contributed by atoms with van der Waals surface area (Å²) >= 11 is 0. The largest absolute Gasteiger partial charge is 0.357 e. The third-order valence-corrected chi connectivity index (χ3v) is 4.93. The van der Waals surface area contributed by atoms with Crippen molar-refractivity contribution in [3.63, 3.8) is 0 Å². The summed E-state index contributed by atoms with van der Waals surface area (Å²) in [6.07, 6.45) is 3.35. The Bertz CT molecular complexity index is 684. The summed E-state index contributed by atoms with van der Waals surface area (Å²) in [5, 5.41) is 0. The van der Waals surface area contributed by atoms with Crippen LogP contribution in [0, 0.1) is 0 Å². The Morgan fingerprint density at radius 1 is 0.630 bits per heavy atom. The van der Waals surface area contributed by atoms with Gasteiger partial charge in [-0.3, -0.25) is 0 Å². The molecule has 0 saturated carbocycles. The average molecular weight is 363 g/mol. The van der Waals surface area contributed by atoms with Crippen molar-refractivity contribution in [1.29, 1.82) is 0 Å². The second-order valence-electron chi connectivity index (χ2n) is 9.19. The fourth-order valence-corrected chi connectivity index (χ4v) is 3.04. The van der Waals surface area contributed by atoms with Crippen LogP contribution in [0.5, 0.6) is 0 Å². The van der Waals surface area contributed by atoms with Gasteiger partial charge in [0.05, 0.1) is 0 Å². The number of hydrogen-bond acceptors (Lipinski definition) is 1. The van der Waals surface area contributed by atoms with Crippen LogP contribution in [0.4, 0.5) is 0 Å². The van der Waals surface area contributed by atoms with Crippen LogP contribution in [0.2, 0.25) is 0 Å². The molecule has 0 N–H and O–H groups in total. The molecule has 2 atom stereocenters. The van der Waals surface area contributed by atoms with E-state index in [0.717, 1.165) is 11.1 Å². The van der Waals surface area contributed by atoms with Crippen LogP contribution in [0.1, 0.15) is 76.0 Å². The lowest BCUT2D eigenvalue weighted by Gasteiger charge is -2.24. The Balaban J connectivity index is 2.20. The SMILES string of the molecule is C=CC(OC(C=C)c1ccc(C(C)(C)C)cc1)c1ccc(C(C)(C)C)cc1. The summed E-state index contributed by atoms with van der Waals surface area (Å²) in [7, 11) is 0. The molecular formula is C26H34O. The Hall–Kier alpha value is -2.12. The summed E-state index contributed by atoms with van der Waals surface area (Å²) < 4.78 is 6.34. The zero-order valence-corrected chi connectivity index (χ0v) is 17.8. The number of rotatable bonds is 6. The molecule has 1 heteroatoms. The van der Waals surface area contributed by atoms with Gasteiger partial charge in [-0.25, -0.2) is 0 Å². The van der Waals surface area contributed by atoms with Crippen LogP contribution >= 0.6 is 0 Å². The molecule has 2 aromatic carbocycles. The Labute approximate surface area is 165 Å². The number of ether oxygens (including phenoxy) is 1. The standard InChI is InChI=1S/C26H34O/c1-9-23(19-11-15-21(16-12-19)25(3,4)5)27-24(10-2)20-13-17-22(18-14-20)26(6,7)8/h9-18,23-24H,1-2H2,3-8H3. The molecule has 2 aromatic rings. The minimum absolute atomic E-state index is 0.140. The first-order chi connectivity index (χ1) is 12.6. The highest BCUT2D eigenvalue weighted by atomic mass is 16.5. The van der Waals surface area contributed by atoms with Crippen molar-refractivity contribution >= 4 is 0 Å². The van der Waals surface area contributed by atoms with E-state index in [2.05, 4.69) is 103 Å². The van der Waals surface area contributed by atoms with Gasteiger partial charge in [-0.05, 0) is 33.1 Å². The summed E-state index contributed by atoms with van der Waals surface area (Å²) in [5.74, 6) is 0. The summed E-state index contributed by atoms with van der Waals surface area (Å²) in [4.78, 5) is 0. The summed E-state index contributed by atoms with van der Waals surface area (Å²) in [5.41, 5.74) is 5.12. The number of benzene rings is 2. The smallest absolute Gasteiger partial charge is 0.102 e. The van der Waals surface area contributed by atoms with Gasteiger partial charge in [0.15, 0.2) is 0 Å². The molecule has 0 bridgehead atoms. The van der Waals surface area contributed by atoms with Crippen LogP contribution in [0.25, 0.3) is 0 Å². The molecule has 0 saturated heterocycles. The van der Waals surface area contributed by atoms with Crippen LogP contribution in [0.3, 0.4) is 0 Å². The van der Waals surface area contributed by atoms with Gasteiger partial charge in [0.2, 0.25) is 0 Å². The van der Waals surface area contributed by atoms with Crippen molar-refractivity contribution in [1.82, 2.24) is 0 Å². The molecule has 0 aliphatic carbocycles. The predicted molar refractivity (Wildman–Crippen MR) is 117 cm³/mol. The fourth-order valence-electron chi connectivity index (χ4n) is 3.04. The first kappa shape index (κ1) is 21.2. The first-order valence-electron chi connectivity index (χ1n) is 9.67. The highest BCUT2D eigenvalue weighted by molar-refractivity contribution is 5.32. The van der Waals surface area contributed by atoms with E-state index in [4.69, 9.17) is 4.74 Å². The molecule has 27 heavy (non-hydrogen) atoms. The van der Waals surface area contributed by atoms with E-state index in [1.54, 1.807) is 0 Å².